The van der Waals surface area contributed by atoms with E-state index in [2.05, 4.69) is 26.0 Å². The van der Waals surface area contributed by atoms with Crippen LogP contribution in [0.4, 0.5) is 0 Å². The number of aliphatic imine (C=N–C) groups is 1. The predicted molar refractivity (Wildman–Crippen MR) is 53.9 cm³/mol. The van der Waals surface area contributed by atoms with Crippen molar-refractivity contribution in [2.45, 2.75) is 11.4 Å². The highest BCUT2D eigenvalue weighted by molar-refractivity contribution is 9.09. The number of aliphatic carboxylic acids is 1. The maximum atomic E-state index is 10.9. The van der Waals surface area contributed by atoms with Crippen LogP contribution >= 0.6 is 15.9 Å². The normalized spacial score (nSPS) is 25.1. The molecule has 0 aliphatic carbocycles. The number of hydrogen-bond acceptors (Lipinski definition) is 5. The van der Waals surface area contributed by atoms with E-state index in [-0.39, 0.29) is 16.4 Å². The van der Waals surface area contributed by atoms with E-state index in [0.29, 0.717) is 12.1 Å². The fourth-order valence-electron chi connectivity index (χ4n) is 1.43. The number of rotatable bonds is 1. The molecule has 0 radical (unpaired) electrons. The zero-order valence-corrected chi connectivity index (χ0v) is 8.60. The molecule has 6 nitrogen and oxygen atoms in total. The van der Waals surface area contributed by atoms with Crippen LogP contribution in [0.3, 0.4) is 0 Å². The van der Waals surface area contributed by atoms with Crippen molar-refractivity contribution < 1.29 is 9.90 Å². The van der Waals surface area contributed by atoms with Gasteiger partial charge in [-0.3, -0.25) is 0 Å². The Balaban J connectivity index is 2.50. The molecule has 2 heterocycles. The summed E-state index contributed by atoms with van der Waals surface area (Å²) in [6, 6.07) is 0. The summed E-state index contributed by atoms with van der Waals surface area (Å²) in [5.41, 5.74) is 6.22. The Labute approximate surface area is 87.9 Å². The van der Waals surface area contributed by atoms with Crippen LogP contribution < -0.4 is 5.73 Å². The average Bonchev–Trinajstić information content (AvgIpc) is 2.46. The number of carbonyl (C=O) groups is 1. The third-order valence-corrected chi connectivity index (χ3v) is 2.74. The van der Waals surface area contributed by atoms with Crippen molar-refractivity contribution in [3.05, 3.63) is 11.3 Å². The lowest BCUT2D eigenvalue weighted by atomic mass is 10.2. The Morgan fingerprint density at radius 1 is 1.79 bits per heavy atom. The fraction of sp³-hybridized carbons (Fsp3) is 0.286. The summed E-state index contributed by atoms with van der Waals surface area (Å²) in [4.78, 5) is 14.5. The Morgan fingerprint density at radius 2 is 2.50 bits per heavy atom. The maximum Gasteiger partial charge on any atom is 0.333 e. The minimum absolute atomic E-state index is 0.158. The lowest BCUT2D eigenvalue weighted by Gasteiger charge is -2.21. The average molecular weight is 259 g/mol. The molecule has 14 heavy (non-hydrogen) atoms. The van der Waals surface area contributed by atoms with Gasteiger partial charge < -0.3 is 10.8 Å². The van der Waals surface area contributed by atoms with E-state index in [4.69, 9.17) is 10.8 Å². The zero-order chi connectivity index (χ0) is 10.3. The number of carboxylic acid groups (broad SMARTS) is 1. The molecule has 3 N–H and O–H groups in total. The summed E-state index contributed by atoms with van der Waals surface area (Å²) < 4.78 is 0. The van der Waals surface area contributed by atoms with E-state index in [0.717, 1.165) is 0 Å². The fourth-order valence-corrected chi connectivity index (χ4v) is 2.06. The number of alkyl halides is 1. The van der Waals surface area contributed by atoms with Crippen molar-refractivity contribution in [1.82, 2.24) is 5.01 Å². The molecular weight excluding hydrogens is 252 g/mol. The molecule has 7 heteroatoms. The number of nitrogens with two attached hydrogens (primary N) is 1. The number of halogens is 1. The molecule has 0 saturated heterocycles. The SMILES string of the molecule is NC1=NC=NN2C1=C(C(=O)O)CC2Br. The smallest absolute Gasteiger partial charge is 0.333 e. The van der Waals surface area contributed by atoms with Crippen molar-refractivity contribution in [2.75, 3.05) is 0 Å². The Hall–Kier alpha value is -1.37. The van der Waals surface area contributed by atoms with E-state index < -0.39 is 5.97 Å². The van der Waals surface area contributed by atoms with Crippen molar-refractivity contribution in [2.24, 2.45) is 15.8 Å². The Kier molecular flexibility index (Phi) is 2.03. The van der Waals surface area contributed by atoms with Crippen molar-refractivity contribution in [1.29, 1.82) is 0 Å². The summed E-state index contributed by atoms with van der Waals surface area (Å²) in [6.07, 6.45) is 1.66. The number of amidine groups is 1. The predicted octanol–water partition coefficient (Wildman–Crippen LogP) is 0.0659. The molecule has 74 valence electrons. The zero-order valence-electron chi connectivity index (χ0n) is 7.01. The minimum Gasteiger partial charge on any atom is -0.478 e. The maximum absolute atomic E-state index is 10.9. The first-order valence-corrected chi connectivity index (χ1v) is 4.78. The van der Waals surface area contributed by atoms with Crippen LogP contribution in [0.25, 0.3) is 0 Å². The topological polar surface area (TPSA) is 91.3 Å². The van der Waals surface area contributed by atoms with Crippen LogP contribution in [0, 0.1) is 0 Å². The Morgan fingerprint density at radius 3 is 3.14 bits per heavy atom. The molecule has 2 aliphatic rings. The molecule has 0 spiro atoms. The van der Waals surface area contributed by atoms with Gasteiger partial charge in [0.05, 0.1) is 5.57 Å². The van der Waals surface area contributed by atoms with Gasteiger partial charge in [0.2, 0.25) is 0 Å². The van der Waals surface area contributed by atoms with Gasteiger partial charge in [-0.15, -0.1) is 0 Å². The van der Waals surface area contributed by atoms with Gasteiger partial charge in [-0.05, 0) is 0 Å². The molecule has 0 aromatic rings. The van der Waals surface area contributed by atoms with E-state index in [1.807, 2.05) is 0 Å². The third kappa shape index (κ3) is 1.20. The first-order valence-electron chi connectivity index (χ1n) is 3.87. The molecule has 0 saturated carbocycles. The van der Waals surface area contributed by atoms with Crippen LogP contribution in [0.2, 0.25) is 0 Å². The molecule has 0 amide bonds. The number of carboxylic acids is 1. The van der Waals surface area contributed by atoms with E-state index in [9.17, 15) is 4.79 Å². The second-order valence-electron chi connectivity index (χ2n) is 2.86. The molecule has 1 unspecified atom stereocenters. The third-order valence-electron chi connectivity index (χ3n) is 2.03. The largest absolute Gasteiger partial charge is 0.478 e. The standard InChI is InChI=1S/C7H7BrN4O2/c8-4-1-3(7(13)14)5-6(9)10-2-11-12(4)5/h2,4H,1H2,(H,13,14)(H2,9,10,11). The lowest BCUT2D eigenvalue weighted by molar-refractivity contribution is -0.132. The summed E-state index contributed by atoms with van der Waals surface area (Å²) >= 11 is 3.31. The van der Waals surface area contributed by atoms with Crippen molar-refractivity contribution in [3.8, 4) is 0 Å². The van der Waals surface area contributed by atoms with Gasteiger partial charge in [0.25, 0.3) is 0 Å². The molecule has 2 rings (SSSR count). The first-order chi connectivity index (χ1) is 6.61. The lowest BCUT2D eigenvalue weighted by Crippen LogP contribution is -2.31. The quantitative estimate of drug-likeness (QED) is 0.514. The summed E-state index contributed by atoms with van der Waals surface area (Å²) in [7, 11) is 0. The minimum atomic E-state index is -0.984. The molecule has 0 fully saturated rings. The van der Waals surface area contributed by atoms with E-state index >= 15 is 0 Å². The molecule has 0 aromatic carbocycles. The van der Waals surface area contributed by atoms with Gasteiger partial charge in [0, 0.05) is 6.42 Å². The highest BCUT2D eigenvalue weighted by Crippen LogP contribution is 2.33. The summed E-state index contributed by atoms with van der Waals surface area (Å²) in [6.45, 7) is 0. The number of nitrogens with zero attached hydrogens (tertiary/aromatic N) is 3. The van der Waals surface area contributed by atoms with Gasteiger partial charge in [-0.1, -0.05) is 15.9 Å². The first kappa shape index (κ1) is 9.20. The van der Waals surface area contributed by atoms with E-state index in [1.54, 1.807) is 0 Å². The van der Waals surface area contributed by atoms with Crippen LogP contribution in [0.5, 0.6) is 0 Å². The van der Waals surface area contributed by atoms with Gasteiger partial charge in [-0.25, -0.2) is 14.8 Å². The van der Waals surface area contributed by atoms with Gasteiger partial charge in [0.1, 0.15) is 17.0 Å². The van der Waals surface area contributed by atoms with Crippen LogP contribution in [0.1, 0.15) is 6.42 Å². The van der Waals surface area contributed by atoms with Gasteiger partial charge in [-0.2, -0.15) is 5.10 Å². The van der Waals surface area contributed by atoms with Crippen LogP contribution in [-0.4, -0.2) is 33.2 Å². The monoisotopic (exact) mass is 258 g/mol. The second kappa shape index (κ2) is 3.09. The molecule has 0 bridgehead atoms. The van der Waals surface area contributed by atoms with Crippen LogP contribution in [0.15, 0.2) is 21.4 Å². The molecule has 2 aliphatic heterocycles. The van der Waals surface area contributed by atoms with E-state index in [1.165, 1.54) is 11.3 Å². The number of fused-ring (bicyclic) bond motifs is 1. The highest BCUT2D eigenvalue weighted by Gasteiger charge is 2.36. The summed E-state index contributed by atoms with van der Waals surface area (Å²) in [5.74, 6) is -0.790. The number of hydrazone groups is 1. The van der Waals surface area contributed by atoms with Gasteiger partial charge >= 0.3 is 5.97 Å². The highest BCUT2D eigenvalue weighted by atomic mass is 79.9. The number of hydrogen-bond donors (Lipinski definition) is 2. The van der Waals surface area contributed by atoms with Gasteiger partial charge in [0.15, 0.2) is 5.84 Å². The second-order valence-corrected chi connectivity index (χ2v) is 3.92. The van der Waals surface area contributed by atoms with Crippen LogP contribution in [-0.2, 0) is 4.79 Å². The summed E-state index contributed by atoms with van der Waals surface area (Å²) in [5, 5.41) is 14.4. The van der Waals surface area contributed by atoms with Crippen molar-refractivity contribution >= 4 is 34.1 Å². The van der Waals surface area contributed by atoms with Crippen molar-refractivity contribution in [3.63, 3.8) is 0 Å². The Bertz CT molecular complexity index is 387. The molecule has 0 aromatic heterocycles. The molecular formula is C7H7BrN4O2. The molecule has 1 atom stereocenters.